The summed E-state index contributed by atoms with van der Waals surface area (Å²) in [6.07, 6.45) is 1.72. The second-order valence-electron chi connectivity index (χ2n) is 6.60. The van der Waals surface area contributed by atoms with Gasteiger partial charge in [-0.15, -0.1) is 10.2 Å². The average molecular weight is 352 g/mol. The molecule has 134 valence electrons. The van der Waals surface area contributed by atoms with Crippen molar-refractivity contribution in [1.29, 1.82) is 0 Å². The maximum Gasteiger partial charge on any atom is 0.255 e. The lowest BCUT2D eigenvalue weighted by atomic mass is 10.1. The lowest BCUT2D eigenvalue weighted by molar-refractivity contribution is -0.0106. The average Bonchev–Trinajstić information content (AvgIpc) is 3.17. The van der Waals surface area contributed by atoms with Crippen molar-refractivity contribution in [2.45, 2.75) is 25.8 Å². The molecule has 0 radical (unpaired) electrons. The Hall–Kier alpha value is -2.80. The van der Waals surface area contributed by atoms with Crippen LogP contribution in [-0.2, 0) is 4.74 Å². The van der Waals surface area contributed by atoms with Crippen LogP contribution in [-0.4, -0.2) is 45.7 Å². The second-order valence-corrected chi connectivity index (χ2v) is 6.60. The molecule has 0 saturated carbocycles. The number of carbonyl (C=O) groups is 1. The van der Waals surface area contributed by atoms with Crippen LogP contribution in [0.2, 0.25) is 0 Å². The summed E-state index contributed by atoms with van der Waals surface area (Å²) < 4.78 is 11.4. The highest BCUT2D eigenvalue weighted by Gasteiger charge is 2.34. The van der Waals surface area contributed by atoms with Gasteiger partial charge < -0.3 is 14.1 Å². The third-order valence-electron chi connectivity index (χ3n) is 4.50. The van der Waals surface area contributed by atoms with Crippen molar-refractivity contribution < 1.29 is 13.9 Å². The number of fused-ring (bicyclic) bond motifs is 1. The molecule has 1 aromatic carbocycles. The number of hydrogen-bond donors (Lipinski definition) is 0. The third kappa shape index (κ3) is 2.94. The minimum absolute atomic E-state index is 0.0822. The number of rotatable bonds is 3. The summed E-state index contributed by atoms with van der Waals surface area (Å²) in [6.45, 7) is 5.27. The standard InChI is InChI=1S/C19H20N4O3/c1-12(2)17-21-22-18(26-17)16-11-25-10-9-23(16)19(24)14-5-3-7-15-13(14)6-4-8-20-15/h3-8,12,16H,9-11H2,1-2H3/t16-/m0/s1. The van der Waals surface area contributed by atoms with Crippen LogP contribution in [0, 0.1) is 0 Å². The highest BCUT2D eigenvalue weighted by molar-refractivity contribution is 6.06. The number of carbonyl (C=O) groups excluding carboxylic acids is 1. The zero-order valence-electron chi connectivity index (χ0n) is 14.8. The Balaban J connectivity index is 1.70. The van der Waals surface area contributed by atoms with Crippen LogP contribution in [0.25, 0.3) is 10.9 Å². The van der Waals surface area contributed by atoms with Gasteiger partial charge in [-0.3, -0.25) is 9.78 Å². The Kier molecular flexibility index (Phi) is 4.38. The molecule has 7 nitrogen and oxygen atoms in total. The molecule has 3 aromatic rings. The predicted molar refractivity (Wildman–Crippen MR) is 94.7 cm³/mol. The molecule has 1 fully saturated rings. The highest BCUT2D eigenvalue weighted by Crippen LogP contribution is 2.28. The van der Waals surface area contributed by atoms with Crippen LogP contribution in [0.3, 0.4) is 0 Å². The van der Waals surface area contributed by atoms with Gasteiger partial charge in [-0.2, -0.15) is 0 Å². The Morgan fingerprint density at radius 1 is 1.23 bits per heavy atom. The Labute approximate surface area is 151 Å². The van der Waals surface area contributed by atoms with Gasteiger partial charge in [-0.05, 0) is 18.2 Å². The van der Waals surface area contributed by atoms with E-state index in [1.165, 1.54) is 0 Å². The summed E-state index contributed by atoms with van der Waals surface area (Å²) >= 11 is 0. The molecule has 1 amide bonds. The summed E-state index contributed by atoms with van der Waals surface area (Å²) in [6, 6.07) is 8.93. The first kappa shape index (κ1) is 16.7. The van der Waals surface area contributed by atoms with Gasteiger partial charge in [-0.1, -0.05) is 26.0 Å². The van der Waals surface area contributed by atoms with Gasteiger partial charge in [-0.25, -0.2) is 0 Å². The third-order valence-corrected chi connectivity index (χ3v) is 4.50. The zero-order chi connectivity index (χ0) is 18.1. The molecule has 1 aliphatic heterocycles. The summed E-state index contributed by atoms with van der Waals surface area (Å²) in [5.41, 5.74) is 1.41. The maximum absolute atomic E-state index is 13.3. The van der Waals surface area contributed by atoms with Crippen molar-refractivity contribution in [3.63, 3.8) is 0 Å². The minimum Gasteiger partial charge on any atom is -0.423 e. The summed E-state index contributed by atoms with van der Waals surface area (Å²) in [4.78, 5) is 19.4. The van der Waals surface area contributed by atoms with E-state index in [-0.39, 0.29) is 17.9 Å². The molecule has 1 aliphatic rings. The van der Waals surface area contributed by atoms with E-state index in [2.05, 4.69) is 15.2 Å². The van der Waals surface area contributed by atoms with Crippen LogP contribution < -0.4 is 0 Å². The van der Waals surface area contributed by atoms with Crippen molar-refractivity contribution in [1.82, 2.24) is 20.1 Å². The Morgan fingerprint density at radius 3 is 2.92 bits per heavy atom. The molecule has 0 bridgehead atoms. The summed E-state index contributed by atoms with van der Waals surface area (Å²) in [5, 5.41) is 9.07. The zero-order valence-corrected chi connectivity index (χ0v) is 14.8. The first-order chi connectivity index (χ1) is 12.6. The fraction of sp³-hybridized carbons (Fsp3) is 0.368. The smallest absolute Gasteiger partial charge is 0.255 e. The number of ether oxygens (including phenoxy) is 1. The molecule has 0 unspecified atom stereocenters. The number of benzene rings is 1. The Bertz CT molecular complexity index is 932. The molecule has 0 spiro atoms. The van der Waals surface area contributed by atoms with Gasteiger partial charge in [0.25, 0.3) is 5.91 Å². The van der Waals surface area contributed by atoms with Crippen molar-refractivity contribution in [2.75, 3.05) is 19.8 Å². The van der Waals surface area contributed by atoms with E-state index in [1.807, 2.05) is 44.2 Å². The second kappa shape index (κ2) is 6.84. The van der Waals surface area contributed by atoms with Crippen LogP contribution in [0.5, 0.6) is 0 Å². The van der Waals surface area contributed by atoms with E-state index in [9.17, 15) is 4.79 Å². The monoisotopic (exact) mass is 352 g/mol. The summed E-state index contributed by atoms with van der Waals surface area (Å²) in [7, 11) is 0. The normalized spacial score (nSPS) is 17.8. The van der Waals surface area contributed by atoms with E-state index >= 15 is 0 Å². The molecule has 7 heteroatoms. The van der Waals surface area contributed by atoms with Crippen molar-refractivity contribution in [2.24, 2.45) is 0 Å². The van der Waals surface area contributed by atoms with Gasteiger partial charge in [0.2, 0.25) is 11.8 Å². The van der Waals surface area contributed by atoms with Crippen molar-refractivity contribution >= 4 is 16.8 Å². The molecule has 26 heavy (non-hydrogen) atoms. The van der Waals surface area contributed by atoms with Gasteiger partial charge in [0.05, 0.1) is 18.7 Å². The van der Waals surface area contributed by atoms with Gasteiger partial charge in [0.1, 0.15) is 6.04 Å². The topological polar surface area (TPSA) is 81.4 Å². The maximum atomic E-state index is 13.3. The van der Waals surface area contributed by atoms with E-state index in [0.29, 0.717) is 37.1 Å². The molecule has 2 aromatic heterocycles. The predicted octanol–water partition coefficient (Wildman–Crippen LogP) is 2.95. The van der Waals surface area contributed by atoms with E-state index in [0.717, 1.165) is 10.9 Å². The molecule has 4 rings (SSSR count). The first-order valence-electron chi connectivity index (χ1n) is 8.71. The number of aromatic nitrogens is 3. The SMILES string of the molecule is CC(C)c1nnc([C@@H]2COCCN2C(=O)c2cccc3ncccc23)o1. The molecule has 0 N–H and O–H groups in total. The van der Waals surface area contributed by atoms with Crippen LogP contribution in [0.15, 0.2) is 40.9 Å². The summed E-state index contributed by atoms with van der Waals surface area (Å²) in [5.74, 6) is 1.03. The lowest BCUT2D eigenvalue weighted by Gasteiger charge is -2.33. The largest absolute Gasteiger partial charge is 0.423 e. The van der Waals surface area contributed by atoms with E-state index < -0.39 is 0 Å². The quantitative estimate of drug-likeness (QED) is 0.721. The van der Waals surface area contributed by atoms with Gasteiger partial charge >= 0.3 is 0 Å². The number of amides is 1. The van der Waals surface area contributed by atoms with E-state index in [1.54, 1.807) is 11.1 Å². The van der Waals surface area contributed by atoms with Gasteiger partial charge in [0.15, 0.2) is 0 Å². The lowest BCUT2D eigenvalue weighted by Crippen LogP contribution is -2.43. The van der Waals surface area contributed by atoms with Crippen molar-refractivity contribution in [3.8, 4) is 0 Å². The number of nitrogens with zero attached hydrogens (tertiary/aromatic N) is 4. The number of hydrogen-bond acceptors (Lipinski definition) is 6. The van der Waals surface area contributed by atoms with Gasteiger partial charge in [0, 0.05) is 29.6 Å². The molecule has 1 saturated heterocycles. The molecule has 0 aliphatic carbocycles. The van der Waals surface area contributed by atoms with Crippen molar-refractivity contribution in [3.05, 3.63) is 53.9 Å². The fourth-order valence-corrected chi connectivity index (χ4v) is 3.11. The highest BCUT2D eigenvalue weighted by atomic mass is 16.5. The van der Waals surface area contributed by atoms with Crippen LogP contribution in [0.4, 0.5) is 0 Å². The minimum atomic E-state index is -0.386. The van der Waals surface area contributed by atoms with Crippen LogP contribution >= 0.6 is 0 Å². The van der Waals surface area contributed by atoms with E-state index in [4.69, 9.17) is 9.15 Å². The first-order valence-corrected chi connectivity index (χ1v) is 8.71. The molecular formula is C19H20N4O3. The molecular weight excluding hydrogens is 332 g/mol. The molecule has 3 heterocycles. The number of pyridine rings is 1. The molecule has 1 atom stereocenters. The Morgan fingerprint density at radius 2 is 2.12 bits per heavy atom. The fourth-order valence-electron chi connectivity index (χ4n) is 3.11. The number of morpholine rings is 1. The van der Waals surface area contributed by atoms with Crippen LogP contribution in [0.1, 0.15) is 47.9 Å².